The average Bonchev–Trinajstić information content (AvgIpc) is 2.41. The van der Waals surface area contributed by atoms with Crippen molar-refractivity contribution in [1.82, 2.24) is 0 Å². The van der Waals surface area contributed by atoms with Gasteiger partial charge in [-0.25, -0.2) is 4.39 Å². The van der Waals surface area contributed by atoms with Crippen LogP contribution < -0.4 is 0 Å². The molecule has 100 valence electrons. The van der Waals surface area contributed by atoms with Crippen LogP contribution in [0.25, 0.3) is 0 Å². The Morgan fingerprint density at radius 2 is 1.95 bits per heavy atom. The Bertz CT molecular complexity index is 568. The molecule has 0 amide bonds. The quantitative estimate of drug-likeness (QED) is 0.648. The van der Waals surface area contributed by atoms with Gasteiger partial charge in [0.15, 0.2) is 0 Å². The number of rotatable bonds is 4. The largest absolute Gasteiger partial charge is 0.207 e. The lowest BCUT2D eigenvalue weighted by atomic mass is 9.90. The van der Waals surface area contributed by atoms with Crippen molar-refractivity contribution in [2.24, 2.45) is 0 Å². The van der Waals surface area contributed by atoms with Crippen molar-refractivity contribution in [2.45, 2.75) is 19.3 Å². The van der Waals surface area contributed by atoms with E-state index in [1.54, 1.807) is 12.1 Å². The monoisotopic (exact) mass is 340 g/mol. The van der Waals surface area contributed by atoms with Gasteiger partial charge in [-0.15, -0.1) is 11.6 Å². The molecule has 0 N–H and O–H groups in total. The van der Waals surface area contributed by atoms with Crippen molar-refractivity contribution in [3.05, 3.63) is 69.4 Å². The van der Waals surface area contributed by atoms with Crippen molar-refractivity contribution in [3.8, 4) is 0 Å². The fourth-order valence-electron chi connectivity index (χ4n) is 2.26. The minimum absolute atomic E-state index is 0.195. The third-order valence-electron chi connectivity index (χ3n) is 3.29. The summed E-state index contributed by atoms with van der Waals surface area (Å²) < 4.78 is 14.3. The topological polar surface area (TPSA) is 0 Å². The summed E-state index contributed by atoms with van der Waals surface area (Å²) in [5.41, 5.74) is 3.41. The lowest BCUT2D eigenvalue weighted by molar-refractivity contribution is 0.622. The first-order valence-electron chi connectivity index (χ1n) is 6.17. The van der Waals surface area contributed by atoms with Crippen LogP contribution in [0.4, 0.5) is 4.39 Å². The predicted molar refractivity (Wildman–Crippen MR) is 82.4 cm³/mol. The smallest absolute Gasteiger partial charge is 0.123 e. The number of aryl methyl sites for hydroxylation is 1. The van der Waals surface area contributed by atoms with E-state index in [9.17, 15) is 4.39 Å². The molecule has 0 saturated carbocycles. The fourth-order valence-corrected chi connectivity index (χ4v) is 2.94. The van der Waals surface area contributed by atoms with E-state index in [2.05, 4.69) is 35.0 Å². The lowest BCUT2D eigenvalue weighted by Gasteiger charge is -2.17. The Morgan fingerprint density at radius 3 is 2.63 bits per heavy atom. The Morgan fingerprint density at radius 1 is 1.21 bits per heavy atom. The molecule has 0 aliphatic rings. The first-order valence-corrected chi connectivity index (χ1v) is 7.50. The number of hydrogen-bond donors (Lipinski definition) is 0. The standard InChI is InChI=1S/C16H15BrClF/c1-11-4-2-3-5-15(11)13(10-18)8-12-9-14(19)6-7-16(12)17/h2-7,9,13H,8,10H2,1H3. The van der Waals surface area contributed by atoms with Crippen molar-refractivity contribution < 1.29 is 4.39 Å². The summed E-state index contributed by atoms with van der Waals surface area (Å²) in [6, 6.07) is 13.0. The summed E-state index contributed by atoms with van der Waals surface area (Å²) in [4.78, 5) is 0. The van der Waals surface area contributed by atoms with E-state index in [1.165, 1.54) is 17.2 Å². The van der Waals surface area contributed by atoms with Gasteiger partial charge in [-0.2, -0.15) is 0 Å². The van der Waals surface area contributed by atoms with Crippen LogP contribution in [-0.4, -0.2) is 5.88 Å². The number of alkyl halides is 1. The zero-order chi connectivity index (χ0) is 13.8. The molecule has 2 aromatic carbocycles. The van der Waals surface area contributed by atoms with Crippen molar-refractivity contribution in [2.75, 3.05) is 5.88 Å². The van der Waals surface area contributed by atoms with Gasteiger partial charge >= 0.3 is 0 Å². The molecule has 2 aromatic rings. The molecule has 0 aromatic heterocycles. The molecule has 19 heavy (non-hydrogen) atoms. The third kappa shape index (κ3) is 3.58. The van der Waals surface area contributed by atoms with E-state index >= 15 is 0 Å². The molecule has 0 fully saturated rings. The Labute approximate surface area is 126 Å². The minimum Gasteiger partial charge on any atom is -0.207 e. The van der Waals surface area contributed by atoms with E-state index in [0.29, 0.717) is 5.88 Å². The summed E-state index contributed by atoms with van der Waals surface area (Å²) in [6.45, 7) is 2.08. The van der Waals surface area contributed by atoms with Crippen LogP contribution in [0.2, 0.25) is 0 Å². The van der Waals surface area contributed by atoms with Gasteiger partial charge in [0.2, 0.25) is 0 Å². The second-order valence-electron chi connectivity index (χ2n) is 4.65. The minimum atomic E-state index is -0.212. The van der Waals surface area contributed by atoms with Gasteiger partial charge in [0.25, 0.3) is 0 Å². The molecule has 0 aliphatic heterocycles. The molecule has 3 heteroatoms. The Hall–Kier alpha value is -0.860. The van der Waals surface area contributed by atoms with Crippen molar-refractivity contribution in [1.29, 1.82) is 0 Å². The predicted octanol–water partition coefficient (Wildman–Crippen LogP) is 5.46. The SMILES string of the molecule is Cc1ccccc1C(CCl)Cc1cc(F)ccc1Br. The molecule has 0 saturated heterocycles. The van der Waals surface area contributed by atoms with Gasteiger partial charge in [-0.1, -0.05) is 40.2 Å². The first kappa shape index (κ1) is 14.5. The number of hydrogen-bond acceptors (Lipinski definition) is 0. The van der Waals surface area contributed by atoms with Crippen LogP contribution in [0, 0.1) is 12.7 Å². The van der Waals surface area contributed by atoms with Crippen LogP contribution in [-0.2, 0) is 6.42 Å². The van der Waals surface area contributed by atoms with Gasteiger partial charge in [0.05, 0.1) is 0 Å². The summed E-state index contributed by atoms with van der Waals surface area (Å²) in [5, 5.41) is 0. The van der Waals surface area contributed by atoms with Crippen LogP contribution in [0.3, 0.4) is 0 Å². The zero-order valence-corrected chi connectivity index (χ0v) is 13.0. The van der Waals surface area contributed by atoms with Gasteiger partial charge in [0, 0.05) is 16.3 Å². The first-order chi connectivity index (χ1) is 9.11. The Kier molecular flexibility index (Phi) is 5.00. The van der Waals surface area contributed by atoms with Gasteiger partial charge < -0.3 is 0 Å². The van der Waals surface area contributed by atoms with Gasteiger partial charge in [-0.05, 0) is 48.2 Å². The van der Waals surface area contributed by atoms with Crippen molar-refractivity contribution >= 4 is 27.5 Å². The van der Waals surface area contributed by atoms with Crippen LogP contribution in [0.5, 0.6) is 0 Å². The highest BCUT2D eigenvalue weighted by atomic mass is 79.9. The molecule has 0 spiro atoms. The maximum atomic E-state index is 13.3. The highest BCUT2D eigenvalue weighted by Gasteiger charge is 2.15. The summed E-state index contributed by atoms with van der Waals surface area (Å²) in [6.07, 6.45) is 0.729. The second-order valence-corrected chi connectivity index (χ2v) is 5.81. The summed E-state index contributed by atoms with van der Waals surface area (Å²) >= 11 is 9.58. The van der Waals surface area contributed by atoms with E-state index < -0.39 is 0 Å². The molecule has 0 nitrogen and oxygen atoms in total. The van der Waals surface area contributed by atoms with E-state index in [-0.39, 0.29) is 11.7 Å². The molecule has 1 atom stereocenters. The lowest BCUT2D eigenvalue weighted by Crippen LogP contribution is -2.07. The maximum Gasteiger partial charge on any atom is 0.123 e. The molecule has 0 bridgehead atoms. The molecule has 0 aliphatic carbocycles. The zero-order valence-electron chi connectivity index (χ0n) is 10.7. The van der Waals surface area contributed by atoms with Crippen LogP contribution in [0.15, 0.2) is 46.9 Å². The molecular formula is C16H15BrClF. The van der Waals surface area contributed by atoms with Crippen LogP contribution >= 0.6 is 27.5 Å². The summed E-state index contributed by atoms with van der Waals surface area (Å²) in [5.74, 6) is 0.505. The van der Waals surface area contributed by atoms with Crippen LogP contribution in [0.1, 0.15) is 22.6 Å². The number of benzene rings is 2. The Balaban J connectivity index is 2.29. The van der Waals surface area contributed by atoms with E-state index in [4.69, 9.17) is 11.6 Å². The molecular weight excluding hydrogens is 327 g/mol. The normalized spacial score (nSPS) is 12.4. The van der Waals surface area contributed by atoms with Gasteiger partial charge in [0.1, 0.15) is 5.82 Å². The molecule has 2 rings (SSSR count). The molecule has 0 radical (unpaired) electrons. The molecule has 1 unspecified atom stereocenters. The van der Waals surface area contributed by atoms with Crippen molar-refractivity contribution in [3.63, 3.8) is 0 Å². The van der Waals surface area contributed by atoms with E-state index in [1.807, 2.05) is 12.1 Å². The third-order valence-corrected chi connectivity index (χ3v) is 4.43. The fraction of sp³-hybridized carbons (Fsp3) is 0.250. The van der Waals surface area contributed by atoms with E-state index in [0.717, 1.165) is 16.5 Å². The maximum absolute atomic E-state index is 13.3. The van der Waals surface area contributed by atoms with Gasteiger partial charge in [-0.3, -0.25) is 0 Å². The highest BCUT2D eigenvalue weighted by molar-refractivity contribution is 9.10. The summed E-state index contributed by atoms with van der Waals surface area (Å²) in [7, 11) is 0. The number of halogens is 3. The molecule has 0 heterocycles. The average molecular weight is 342 g/mol. The highest BCUT2D eigenvalue weighted by Crippen LogP contribution is 2.28. The second kappa shape index (κ2) is 6.53.